The highest BCUT2D eigenvalue weighted by molar-refractivity contribution is 7.87. The van der Waals surface area contributed by atoms with Crippen molar-refractivity contribution in [2.75, 3.05) is 13.7 Å². The van der Waals surface area contributed by atoms with E-state index in [0.717, 1.165) is 5.56 Å². The summed E-state index contributed by atoms with van der Waals surface area (Å²) in [7, 11) is -2.55. The SMILES string of the molecule is C=CCNC(=S)NN=Cc1ccc(OS(=O)(=O)c2ccc(C)cc2)c(OC)c1. The number of thiocarbonyl (C=S) groups is 1. The van der Waals surface area contributed by atoms with Crippen LogP contribution < -0.4 is 19.7 Å². The summed E-state index contributed by atoms with van der Waals surface area (Å²) in [6, 6.07) is 11.1. The molecule has 0 aliphatic rings. The first-order valence-corrected chi connectivity index (χ1v) is 10.0. The Balaban J connectivity index is 2.13. The fourth-order valence-corrected chi connectivity index (χ4v) is 3.15. The molecule has 2 aromatic rings. The molecule has 0 spiro atoms. The minimum atomic E-state index is -3.97. The van der Waals surface area contributed by atoms with Gasteiger partial charge in [-0.2, -0.15) is 13.5 Å². The van der Waals surface area contributed by atoms with E-state index in [2.05, 4.69) is 22.4 Å². The zero-order chi connectivity index (χ0) is 20.6. The minimum absolute atomic E-state index is 0.0653. The summed E-state index contributed by atoms with van der Waals surface area (Å²) in [4.78, 5) is 0.0653. The van der Waals surface area contributed by atoms with Gasteiger partial charge in [0, 0.05) is 6.54 Å². The highest BCUT2D eigenvalue weighted by atomic mass is 32.2. The average molecular weight is 420 g/mol. The van der Waals surface area contributed by atoms with Crippen molar-refractivity contribution in [1.29, 1.82) is 0 Å². The van der Waals surface area contributed by atoms with Gasteiger partial charge in [-0.3, -0.25) is 5.43 Å². The molecule has 7 nitrogen and oxygen atoms in total. The van der Waals surface area contributed by atoms with Crippen molar-refractivity contribution in [1.82, 2.24) is 10.7 Å². The Labute approximate surface area is 170 Å². The summed E-state index contributed by atoms with van der Waals surface area (Å²) in [6.07, 6.45) is 3.19. The number of nitrogens with one attached hydrogen (secondary N) is 2. The standard InChI is InChI=1S/C19H21N3O4S2/c1-4-11-20-19(27)22-21-13-15-7-10-17(18(12-15)25-3)26-28(23,24)16-8-5-14(2)6-9-16/h4-10,12-13H,1,11H2,2-3H3,(H2,20,22,27). The summed E-state index contributed by atoms with van der Waals surface area (Å²) in [6.45, 7) is 5.98. The van der Waals surface area contributed by atoms with E-state index < -0.39 is 10.1 Å². The van der Waals surface area contributed by atoms with Gasteiger partial charge in [-0.05, 0) is 55.0 Å². The fourth-order valence-electron chi connectivity index (χ4n) is 2.07. The Hall–Kier alpha value is -2.91. The molecule has 0 saturated heterocycles. The van der Waals surface area contributed by atoms with Crippen molar-refractivity contribution in [3.8, 4) is 11.5 Å². The van der Waals surface area contributed by atoms with E-state index in [1.165, 1.54) is 31.5 Å². The van der Waals surface area contributed by atoms with Gasteiger partial charge in [-0.15, -0.1) is 6.58 Å². The van der Waals surface area contributed by atoms with Gasteiger partial charge in [0.25, 0.3) is 0 Å². The molecule has 2 aromatic carbocycles. The van der Waals surface area contributed by atoms with Crippen LogP contribution in [0.15, 0.2) is 65.1 Å². The molecule has 2 rings (SSSR count). The number of aryl methyl sites for hydroxylation is 1. The number of hydrazone groups is 1. The Kier molecular flexibility index (Phi) is 7.53. The molecule has 0 atom stereocenters. The smallest absolute Gasteiger partial charge is 0.339 e. The molecule has 28 heavy (non-hydrogen) atoms. The largest absolute Gasteiger partial charge is 0.493 e. The third kappa shape index (κ3) is 6.07. The predicted octanol–water partition coefficient (Wildman–Crippen LogP) is 2.76. The molecule has 0 aliphatic carbocycles. The minimum Gasteiger partial charge on any atom is -0.493 e. The lowest BCUT2D eigenvalue weighted by Crippen LogP contribution is -2.31. The van der Waals surface area contributed by atoms with Crippen LogP contribution in [0.3, 0.4) is 0 Å². The Morgan fingerprint density at radius 2 is 1.93 bits per heavy atom. The first-order chi connectivity index (χ1) is 13.4. The monoisotopic (exact) mass is 419 g/mol. The maximum absolute atomic E-state index is 12.5. The van der Waals surface area contributed by atoms with Crippen LogP contribution in [0.4, 0.5) is 0 Å². The van der Waals surface area contributed by atoms with Gasteiger partial charge in [-0.1, -0.05) is 23.8 Å². The van der Waals surface area contributed by atoms with Crippen molar-refractivity contribution < 1.29 is 17.3 Å². The number of hydrogen-bond acceptors (Lipinski definition) is 6. The molecule has 148 valence electrons. The summed E-state index contributed by atoms with van der Waals surface area (Å²) in [5.74, 6) is 0.336. The molecule has 0 amide bonds. The molecule has 9 heteroatoms. The second kappa shape index (κ2) is 9.86. The third-order valence-corrected chi connectivity index (χ3v) is 4.97. The topological polar surface area (TPSA) is 89.0 Å². The second-order valence-electron chi connectivity index (χ2n) is 5.63. The Bertz CT molecular complexity index is 971. The van der Waals surface area contributed by atoms with Gasteiger partial charge in [0.2, 0.25) is 0 Å². The van der Waals surface area contributed by atoms with E-state index in [1.54, 1.807) is 30.3 Å². The van der Waals surface area contributed by atoms with E-state index in [9.17, 15) is 8.42 Å². The van der Waals surface area contributed by atoms with Crippen molar-refractivity contribution >= 4 is 33.7 Å². The number of hydrogen-bond donors (Lipinski definition) is 2. The zero-order valence-electron chi connectivity index (χ0n) is 15.5. The predicted molar refractivity (Wildman–Crippen MR) is 114 cm³/mol. The number of methoxy groups -OCH3 is 1. The quantitative estimate of drug-likeness (QED) is 0.224. The van der Waals surface area contributed by atoms with Gasteiger partial charge in [0.15, 0.2) is 16.6 Å². The first-order valence-electron chi connectivity index (χ1n) is 8.22. The fraction of sp³-hybridized carbons (Fsp3) is 0.158. The first kappa shape index (κ1) is 21.4. The van der Waals surface area contributed by atoms with Crippen LogP contribution in [0, 0.1) is 6.92 Å². The maximum Gasteiger partial charge on any atom is 0.339 e. The van der Waals surface area contributed by atoms with Crippen LogP contribution in [0.5, 0.6) is 11.5 Å². The van der Waals surface area contributed by atoms with Gasteiger partial charge < -0.3 is 14.2 Å². The Morgan fingerprint density at radius 1 is 1.21 bits per heavy atom. The molecule has 0 aromatic heterocycles. The summed E-state index contributed by atoms with van der Waals surface area (Å²) in [5, 5.41) is 7.23. The van der Waals surface area contributed by atoms with Gasteiger partial charge in [0.05, 0.1) is 13.3 Å². The van der Waals surface area contributed by atoms with Crippen LogP contribution in [0.25, 0.3) is 0 Å². The Morgan fingerprint density at radius 3 is 2.57 bits per heavy atom. The van der Waals surface area contributed by atoms with E-state index >= 15 is 0 Å². The third-order valence-electron chi connectivity index (χ3n) is 3.48. The molecule has 0 bridgehead atoms. The average Bonchev–Trinajstić information content (AvgIpc) is 2.67. The van der Waals surface area contributed by atoms with Crippen LogP contribution in [0.1, 0.15) is 11.1 Å². The van der Waals surface area contributed by atoms with Gasteiger partial charge in [0.1, 0.15) is 4.90 Å². The van der Waals surface area contributed by atoms with Gasteiger partial charge in [-0.25, -0.2) is 0 Å². The van der Waals surface area contributed by atoms with E-state index in [4.69, 9.17) is 21.1 Å². The molecule has 0 saturated carbocycles. The van der Waals surface area contributed by atoms with Crippen molar-refractivity contribution in [2.24, 2.45) is 5.10 Å². The van der Waals surface area contributed by atoms with E-state index in [1.807, 2.05) is 6.92 Å². The number of nitrogens with zero attached hydrogens (tertiary/aromatic N) is 1. The zero-order valence-corrected chi connectivity index (χ0v) is 17.1. The van der Waals surface area contributed by atoms with Gasteiger partial charge >= 0.3 is 10.1 Å². The molecular formula is C19H21N3O4S2. The molecule has 0 unspecified atom stereocenters. The van der Waals surface area contributed by atoms with E-state index in [-0.39, 0.29) is 16.4 Å². The lowest BCUT2D eigenvalue weighted by Gasteiger charge is -2.11. The number of benzene rings is 2. The van der Waals surface area contributed by atoms with Crippen LogP contribution >= 0.6 is 12.2 Å². The number of ether oxygens (including phenoxy) is 1. The van der Waals surface area contributed by atoms with Crippen LogP contribution in [0.2, 0.25) is 0 Å². The maximum atomic E-state index is 12.5. The molecule has 0 heterocycles. The molecule has 2 N–H and O–H groups in total. The summed E-state index contributed by atoms with van der Waals surface area (Å²) < 4.78 is 35.4. The summed E-state index contributed by atoms with van der Waals surface area (Å²) >= 11 is 5.02. The lowest BCUT2D eigenvalue weighted by atomic mass is 10.2. The normalized spacial score (nSPS) is 11.1. The highest BCUT2D eigenvalue weighted by Crippen LogP contribution is 2.30. The number of rotatable bonds is 8. The van der Waals surface area contributed by atoms with Crippen LogP contribution in [-0.4, -0.2) is 33.4 Å². The van der Waals surface area contributed by atoms with Crippen molar-refractivity contribution in [2.45, 2.75) is 11.8 Å². The van der Waals surface area contributed by atoms with Crippen molar-refractivity contribution in [3.05, 3.63) is 66.2 Å². The highest BCUT2D eigenvalue weighted by Gasteiger charge is 2.19. The molecule has 0 fully saturated rings. The van der Waals surface area contributed by atoms with Crippen molar-refractivity contribution in [3.63, 3.8) is 0 Å². The molecule has 0 radical (unpaired) electrons. The molecular weight excluding hydrogens is 398 g/mol. The molecule has 0 aliphatic heterocycles. The van der Waals surface area contributed by atoms with E-state index in [0.29, 0.717) is 17.2 Å². The summed E-state index contributed by atoms with van der Waals surface area (Å²) in [5.41, 5.74) is 4.27. The second-order valence-corrected chi connectivity index (χ2v) is 7.58. The lowest BCUT2D eigenvalue weighted by molar-refractivity contribution is 0.390. The van der Waals surface area contributed by atoms with Crippen LogP contribution in [-0.2, 0) is 10.1 Å².